The van der Waals surface area contributed by atoms with Crippen LogP contribution in [0.4, 0.5) is 5.69 Å². The van der Waals surface area contributed by atoms with Crippen molar-refractivity contribution in [2.75, 3.05) is 11.9 Å². The first-order chi connectivity index (χ1) is 13.3. The summed E-state index contributed by atoms with van der Waals surface area (Å²) in [7, 11) is 0. The van der Waals surface area contributed by atoms with Crippen LogP contribution in [0.15, 0.2) is 46.9 Å². The number of rotatable bonds is 7. The molecule has 0 aliphatic rings. The molecule has 6 nitrogen and oxygen atoms in total. The highest BCUT2D eigenvalue weighted by Crippen LogP contribution is 2.26. The van der Waals surface area contributed by atoms with Crippen LogP contribution < -0.4 is 21.1 Å². The van der Waals surface area contributed by atoms with Gasteiger partial charge in [0.05, 0.1) is 11.1 Å². The number of nitrogens with two attached hydrogens (primary N) is 1. The van der Waals surface area contributed by atoms with E-state index in [0.717, 1.165) is 6.42 Å². The van der Waals surface area contributed by atoms with Gasteiger partial charge in [-0.3, -0.25) is 14.9 Å². The number of anilines is 1. The van der Waals surface area contributed by atoms with Crippen LogP contribution in [0.3, 0.4) is 0 Å². The molecule has 8 heteroatoms. The summed E-state index contributed by atoms with van der Waals surface area (Å²) in [6, 6.07) is 11.6. The van der Waals surface area contributed by atoms with Crippen molar-refractivity contribution in [3.05, 3.63) is 58.1 Å². The molecule has 0 unspecified atom stereocenters. The fourth-order valence-corrected chi connectivity index (χ4v) is 2.96. The van der Waals surface area contributed by atoms with Crippen LogP contribution in [0.1, 0.15) is 41.0 Å². The van der Waals surface area contributed by atoms with E-state index in [0.29, 0.717) is 39.6 Å². The van der Waals surface area contributed by atoms with Crippen LogP contribution in [0.5, 0.6) is 5.75 Å². The highest BCUT2D eigenvalue weighted by atomic mass is 79.9. The summed E-state index contributed by atoms with van der Waals surface area (Å²) in [5.41, 5.74) is 6.58. The van der Waals surface area contributed by atoms with Crippen LogP contribution in [-0.2, 0) is 0 Å². The van der Waals surface area contributed by atoms with Gasteiger partial charge in [-0.1, -0.05) is 19.9 Å². The van der Waals surface area contributed by atoms with E-state index in [4.69, 9.17) is 22.7 Å². The van der Waals surface area contributed by atoms with Crippen LogP contribution in [0, 0.1) is 5.92 Å². The van der Waals surface area contributed by atoms with Crippen molar-refractivity contribution in [3.8, 4) is 5.75 Å². The molecule has 2 amide bonds. The average Bonchev–Trinajstić information content (AvgIpc) is 2.62. The number of carbonyl (C=O) groups is 2. The van der Waals surface area contributed by atoms with Crippen molar-refractivity contribution in [3.63, 3.8) is 0 Å². The number of amides is 2. The van der Waals surface area contributed by atoms with Crippen molar-refractivity contribution in [1.82, 2.24) is 5.32 Å². The number of hydrogen-bond acceptors (Lipinski definition) is 4. The van der Waals surface area contributed by atoms with E-state index in [2.05, 4.69) is 40.4 Å². The molecule has 148 valence electrons. The Morgan fingerprint density at radius 1 is 1.18 bits per heavy atom. The molecule has 4 N–H and O–H groups in total. The SMILES string of the molecule is CC(C)CCOc1ccc(C(=O)NC(=S)Nc2cccc(C(N)=O)c2)cc1Br. The minimum Gasteiger partial charge on any atom is -0.492 e. The number of ether oxygens (including phenoxy) is 1. The lowest BCUT2D eigenvalue weighted by molar-refractivity contribution is 0.0974. The maximum absolute atomic E-state index is 12.4. The van der Waals surface area contributed by atoms with Gasteiger partial charge in [0, 0.05) is 16.8 Å². The van der Waals surface area contributed by atoms with Gasteiger partial charge in [0.25, 0.3) is 5.91 Å². The Labute approximate surface area is 178 Å². The molecule has 0 radical (unpaired) electrons. The Kier molecular flexibility index (Phi) is 7.95. The first-order valence-corrected chi connectivity index (χ1v) is 9.91. The van der Waals surface area contributed by atoms with Gasteiger partial charge in [-0.25, -0.2) is 0 Å². The van der Waals surface area contributed by atoms with E-state index in [1.54, 1.807) is 42.5 Å². The van der Waals surface area contributed by atoms with Gasteiger partial charge in [0.2, 0.25) is 5.91 Å². The second kappa shape index (κ2) is 10.2. The van der Waals surface area contributed by atoms with Gasteiger partial charge < -0.3 is 15.8 Å². The van der Waals surface area contributed by atoms with E-state index in [-0.39, 0.29) is 11.0 Å². The molecule has 2 aromatic carbocycles. The Balaban J connectivity index is 1.96. The molecule has 0 saturated carbocycles. The molecule has 0 atom stereocenters. The molecule has 28 heavy (non-hydrogen) atoms. The van der Waals surface area contributed by atoms with Crippen molar-refractivity contribution in [1.29, 1.82) is 0 Å². The number of carbonyl (C=O) groups excluding carboxylic acids is 2. The zero-order valence-corrected chi connectivity index (χ0v) is 18.0. The Bertz CT molecular complexity index is 887. The molecule has 0 aliphatic heterocycles. The summed E-state index contributed by atoms with van der Waals surface area (Å²) >= 11 is 8.59. The molecule has 0 saturated heterocycles. The third-order valence-corrected chi connectivity index (χ3v) is 4.60. The van der Waals surface area contributed by atoms with E-state index in [1.807, 2.05) is 0 Å². The number of hydrogen-bond donors (Lipinski definition) is 3. The zero-order valence-electron chi connectivity index (χ0n) is 15.6. The highest BCUT2D eigenvalue weighted by Gasteiger charge is 2.12. The zero-order chi connectivity index (χ0) is 20.7. The van der Waals surface area contributed by atoms with Crippen LogP contribution in [-0.4, -0.2) is 23.5 Å². The average molecular weight is 464 g/mol. The summed E-state index contributed by atoms with van der Waals surface area (Å²) in [6.07, 6.45) is 0.950. The third kappa shape index (κ3) is 6.61. The Morgan fingerprint density at radius 3 is 2.57 bits per heavy atom. The quantitative estimate of drug-likeness (QED) is 0.537. The molecular weight excluding hydrogens is 442 g/mol. The molecule has 0 aromatic heterocycles. The second-order valence-corrected chi connectivity index (χ2v) is 7.79. The first kappa shape index (κ1) is 21.8. The van der Waals surface area contributed by atoms with Crippen LogP contribution in [0.2, 0.25) is 0 Å². The number of benzene rings is 2. The third-order valence-electron chi connectivity index (χ3n) is 3.78. The van der Waals surface area contributed by atoms with Gasteiger partial charge in [0.15, 0.2) is 5.11 Å². The lowest BCUT2D eigenvalue weighted by atomic mass is 10.1. The monoisotopic (exact) mass is 463 g/mol. The smallest absolute Gasteiger partial charge is 0.257 e. The van der Waals surface area contributed by atoms with E-state index in [9.17, 15) is 9.59 Å². The molecule has 0 bridgehead atoms. The minimum absolute atomic E-state index is 0.111. The van der Waals surface area contributed by atoms with Crippen molar-refractivity contribution in [2.24, 2.45) is 11.7 Å². The van der Waals surface area contributed by atoms with Crippen molar-refractivity contribution in [2.45, 2.75) is 20.3 Å². The highest BCUT2D eigenvalue weighted by molar-refractivity contribution is 9.10. The summed E-state index contributed by atoms with van der Waals surface area (Å²) in [6.45, 7) is 4.88. The maximum atomic E-state index is 12.4. The summed E-state index contributed by atoms with van der Waals surface area (Å²) in [5.74, 6) is 0.333. The van der Waals surface area contributed by atoms with Crippen LogP contribution in [0.25, 0.3) is 0 Å². The normalized spacial score (nSPS) is 10.4. The minimum atomic E-state index is -0.542. The number of halogens is 1. The van der Waals surface area contributed by atoms with Crippen LogP contribution >= 0.6 is 28.1 Å². The maximum Gasteiger partial charge on any atom is 0.257 e. The van der Waals surface area contributed by atoms with E-state index < -0.39 is 5.91 Å². The standard InChI is InChI=1S/C20H22BrN3O3S/c1-12(2)8-9-27-17-7-6-14(11-16(17)21)19(26)24-20(28)23-15-5-3-4-13(10-15)18(22)25/h3-7,10-12H,8-9H2,1-2H3,(H2,22,25)(H2,23,24,26,28). The summed E-state index contributed by atoms with van der Waals surface area (Å²) < 4.78 is 6.41. The Morgan fingerprint density at radius 2 is 1.93 bits per heavy atom. The topological polar surface area (TPSA) is 93.4 Å². The lowest BCUT2D eigenvalue weighted by Crippen LogP contribution is -2.34. The predicted octanol–water partition coefficient (Wildman–Crippen LogP) is 4.10. The number of primary amides is 1. The van der Waals surface area contributed by atoms with Gasteiger partial charge in [-0.05, 0) is 76.9 Å². The van der Waals surface area contributed by atoms with E-state index in [1.165, 1.54) is 0 Å². The first-order valence-electron chi connectivity index (χ1n) is 8.71. The predicted molar refractivity (Wildman–Crippen MR) is 118 cm³/mol. The van der Waals surface area contributed by atoms with Gasteiger partial charge in [-0.15, -0.1) is 0 Å². The summed E-state index contributed by atoms with van der Waals surface area (Å²) in [4.78, 5) is 23.7. The lowest BCUT2D eigenvalue weighted by Gasteiger charge is -2.12. The molecule has 2 rings (SSSR count). The second-order valence-electron chi connectivity index (χ2n) is 6.53. The molecule has 0 fully saturated rings. The van der Waals surface area contributed by atoms with E-state index >= 15 is 0 Å². The number of thiocarbonyl (C=S) groups is 1. The van der Waals surface area contributed by atoms with Crippen molar-refractivity contribution >= 4 is 50.8 Å². The largest absolute Gasteiger partial charge is 0.492 e. The molecule has 0 aliphatic carbocycles. The molecule has 2 aromatic rings. The van der Waals surface area contributed by atoms with Gasteiger partial charge >= 0.3 is 0 Å². The Hall–Kier alpha value is -2.45. The molecular formula is C20H22BrN3O3S. The van der Waals surface area contributed by atoms with Crippen molar-refractivity contribution < 1.29 is 14.3 Å². The van der Waals surface area contributed by atoms with Gasteiger partial charge in [0.1, 0.15) is 5.75 Å². The molecule has 0 spiro atoms. The summed E-state index contributed by atoms with van der Waals surface area (Å²) in [5, 5.41) is 5.57. The van der Waals surface area contributed by atoms with Gasteiger partial charge in [-0.2, -0.15) is 0 Å². The fraction of sp³-hybridized carbons (Fsp3) is 0.250. The number of nitrogens with one attached hydrogen (secondary N) is 2. The molecule has 0 heterocycles. The fourth-order valence-electron chi connectivity index (χ4n) is 2.25.